The molecule has 0 bridgehead atoms. The fourth-order valence-electron chi connectivity index (χ4n) is 4.26. The van der Waals surface area contributed by atoms with Crippen molar-refractivity contribution in [1.82, 2.24) is 4.90 Å². The fourth-order valence-corrected chi connectivity index (χ4v) is 4.26. The molecule has 124 valence electrons. The van der Waals surface area contributed by atoms with Crippen LogP contribution >= 0.6 is 0 Å². The summed E-state index contributed by atoms with van der Waals surface area (Å²) in [6, 6.07) is 7.86. The largest absolute Gasteiger partial charge is 0.369 e. The summed E-state index contributed by atoms with van der Waals surface area (Å²) in [6.07, 6.45) is 3.86. The van der Waals surface area contributed by atoms with Crippen LogP contribution in [0.5, 0.6) is 0 Å². The summed E-state index contributed by atoms with van der Waals surface area (Å²) in [7, 11) is 0. The number of benzene rings is 1. The lowest BCUT2D eigenvalue weighted by molar-refractivity contribution is -0.128. The Morgan fingerprint density at radius 2 is 2.17 bits per heavy atom. The third-order valence-electron chi connectivity index (χ3n) is 5.47. The van der Waals surface area contributed by atoms with Crippen molar-refractivity contribution in [3.63, 3.8) is 0 Å². The Balaban J connectivity index is 1.62. The van der Waals surface area contributed by atoms with Gasteiger partial charge in [-0.05, 0) is 36.8 Å². The third kappa shape index (κ3) is 2.98. The van der Waals surface area contributed by atoms with Crippen molar-refractivity contribution in [2.75, 3.05) is 25.0 Å². The molecule has 2 fully saturated rings. The van der Waals surface area contributed by atoms with E-state index in [4.69, 9.17) is 5.73 Å². The number of anilines is 1. The van der Waals surface area contributed by atoms with Gasteiger partial charge < -0.3 is 11.1 Å². The lowest BCUT2D eigenvalue weighted by Crippen LogP contribution is -2.41. The van der Waals surface area contributed by atoms with Crippen molar-refractivity contribution in [3.8, 4) is 0 Å². The maximum atomic E-state index is 12.4. The van der Waals surface area contributed by atoms with Crippen LogP contribution in [0.4, 0.5) is 5.69 Å². The Morgan fingerprint density at radius 3 is 2.87 bits per heavy atom. The number of hydrogen-bond acceptors (Lipinski definition) is 3. The minimum Gasteiger partial charge on any atom is -0.369 e. The van der Waals surface area contributed by atoms with Crippen molar-refractivity contribution in [1.29, 1.82) is 0 Å². The molecule has 2 aliphatic rings. The second-order valence-electron chi connectivity index (χ2n) is 6.84. The Bertz CT molecular complexity index is 616. The van der Waals surface area contributed by atoms with E-state index in [0.29, 0.717) is 19.0 Å². The highest BCUT2D eigenvalue weighted by Crippen LogP contribution is 2.48. The molecule has 5 nitrogen and oxygen atoms in total. The van der Waals surface area contributed by atoms with Gasteiger partial charge in [-0.2, -0.15) is 0 Å². The van der Waals surface area contributed by atoms with Crippen LogP contribution in [0, 0.1) is 11.3 Å². The van der Waals surface area contributed by atoms with Gasteiger partial charge in [0.2, 0.25) is 11.8 Å². The summed E-state index contributed by atoms with van der Waals surface area (Å²) in [5.41, 5.74) is 7.27. The van der Waals surface area contributed by atoms with Gasteiger partial charge in [0, 0.05) is 18.8 Å². The van der Waals surface area contributed by atoms with Crippen molar-refractivity contribution in [3.05, 3.63) is 29.8 Å². The molecule has 1 aliphatic carbocycles. The van der Waals surface area contributed by atoms with E-state index in [2.05, 4.69) is 17.1 Å². The Hall–Kier alpha value is -1.88. The summed E-state index contributed by atoms with van der Waals surface area (Å²) in [4.78, 5) is 26.3. The maximum Gasteiger partial charge on any atom is 0.238 e. The molecule has 1 saturated heterocycles. The second kappa shape index (κ2) is 6.32. The van der Waals surface area contributed by atoms with Gasteiger partial charge in [0.1, 0.15) is 0 Å². The van der Waals surface area contributed by atoms with E-state index < -0.39 is 5.41 Å². The number of para-hydroxylation sites is 1. The van der Waals surface area contributed by atoms with Gasteiger partial charge in [0.15, 0.2) is 0 Å². The van der Waals surface area contributed by atoms with E-state index in [9.17, 15) is 9.59 Å². The molecule has 3 rings (SSSR count). The van der Waals surface area contributed by atoms with Crippen molar-refractivity contribution in [2.45, 2.75) is 32.6 Å². The molecule has 1 heterocycles. The lowest BCUT2D eigenvalue weighted by atomic mass is 9.80. The number of primary amides is 1. The first-order chi connectivity index (χ1) is 11.0. The van der Waals surface area contributed by atoms with Crippen LogP contribution in [0.1, 0.15) is 31.7 Å². The monoisotopic (exact) mass is 315 g/mol. The molecule has 0 unspecified atom stereocenters. The first-order valence-electron chi connectivity index (χ1n) is 8.45. The van der Waals surface area contributed by atoms with Crippen molar-refractivity contribution >= 4 is 17.5 Å². The number of nitrogens with zero attached hydrogens (tertiary/aromatic N) is 1. The number of nitrogens with two attached hydrogens (primary N) is 1. The Labute approximate surface area is 137 Å². The van der Waals surface area contributed by atoms with Crippen LogP contribution in [-0.4, -0.2) is 36.3 Å². The molecule has 1 aromatic rings. The standard InChI is InChI=1S/C18H25N3O2/c1-2-13-6-3-4-8-15(13)20-16(22)11-21-10-14-7-5-9-18(14,12-21)17(19)23/h3-4,6,8,14H,2,5,7,9-12H2,1H3,(H2,19,23)(H,20,22)/t14-,18-/m0/s1. The molecular formula is C18H25N3O2. The van der Waals surface area contributed by atoms with E-state index in [1.54, 1.807) is 0 Å². The Morgan fingerprint density at radius 1 is 1.39 bits per heavy atom. The normalized spacial score (nSPS) is 26.9. The van der Waals surface area contributed by atoms with Crippen LogP contribution in [0.15, 0.2) is 24.3 Å². The van der Waals surface area contributed by atoms with Gasteiger partial charge in [-0.3, -0.25) is 14.5 Å². The highest BCUT2D eigenvalue weighted by Gasteiger charge is 2.53. The van der Waals surface area contributed by atoms with Gasteiger partial charge >= 0.3 is 0 Å². The van der Waals surface area contributed by atoms with Crippen LogP contribution < -0.4 is 11.1 Å². The molecule has 0 radical (unpaired) electrons. The predicted octanol–water partition coefficient (Wildman–Crippen LogP) is 1.77. The van der Waals surface area contributed by atoms with Crippen LogP contribution in [0.3, 0.4) is 0 Å². The van der Waals surface area contributed by atoms with E-state index in [-0.39, 0.29) is 11.8 Å². The molecule has 2 atom stereocenters. The van der Waals surface area contributed by atoms with E-state index >= 15 is 0 Å². The van der Waals surface area contributed by atoms with Gasteiger partial charge in [0.05, 0.1) is 12.0 Å². The van der Waals surface area contributed by atoms with Gasteiger partial charge in [-0.1, -0.05) is 31.5 Å². The maximum absolute atomic E-state index is 12.4. The minimum absolute atomic E-state index is 0.0227. The van der Waals surface area contributed by atoms with Gasteiger partial charge in [-0.25, -0.2) is 0 Å². The lowest BCUT2D eigenvalue weighted by Gasteiger charge is -2.24. The third-order valence-corrected chi connectivity index (χ3v) is 5.47. The summed E-state index contributed by atoms with van der Waals surface area (Å²) in [5.74, 6) is 0.0976. The molecule has 5 heteroatoms. The smallest absolute Gasteiger partial charge is 0.238 e. The number of carbonyl (C=O) groups excluding carboxylic acids is 2. The predicted molar refractivity (Wildman–Crippen MR) is 89.9 cm³/mol. The minimum atomic E-state index is -0.401. The molecule has 3 N–H and O–H groups in total. The summed E-state index contributed by atoms with van der Waals surface area (Å²) in [6.45, 7) is 3.81. The SMILES string of the molecule is CCc1ccccc1NC(=O)CN1C[C@@H]2CCC[C@]2(C(N)=O)C1. The van der Waals surface area contributed by atoms with Crippen molar-refractivity contribution < 1.29 is 9.59 Å². The number of amides is 2. The molecule has 23 heavy (non-hydrogen) atoms. The van der Waals surface area contributed by atoms with Crippen LogP contribution in [0.2, 0.25) is 0 Å². The molecule has 1 aromatic carbocycles. The van der Waals surface area contributed by atoms with E-state index in [0.717, 1.165) is 43.5 Å². The number of hydrogen-bond donors (Lipinski definition) is 2. The number of likely N-dealkylation sites (tertiary alicyclic amines) is 1. The van der Waals surface area contributed by atoms with E-state index in [1.807, 2.05) is 24.3 Å². The number of fused-ring (bicyclic) bond motifs is 1. The Kier molecular flexibility index (Phi) is 4.39. The topological polar surface area (TPSA) is 75.4 Å². The molecule has 1 aliphatic heterocycles. The summed E-state index contributed by atoms with van der Waals surface area (Å²) < 4.78 is 0. The summed E-state index contributed by atoms with van der Waals surface area (Å²) in [5, 5.41) is 3.00. The number of carbonyl (C=O) groups is 2. The second-order valence-corrected chi connectivity index (χ2v) is 6.84. The average molecular weight is 315 g/mol. The van der Waals surface area contributed by atoms with Crippen LogP contribution in [-0.2, 0) is 16.0 Å². The fraction of sp³-hybridized carbons (Fsp3) is 0.556. The zero-order valence-corrected chi connectivity index (χ0v) is 13.7. The quantitative estimate of drug-likeness (QED) is 0.869. The first-order valence-corrected chi connectivity index (χ1v) is 8.45. The zero-order valence-electron chi connectivity index (χ0n) is 13.7. The number of nitrogens with one attached hydrogen (secondary N) is 1. The molecule has 1 saturated carbocycles. The summed E-state index contributed by atoms with van der Waals surface area (Å²) >= 11 is 0. The highest BCUT2D eigenvalue weighted by atomic mass is 16.2. The zero-order chi connectivity index (χ0) is 16.4. The number of rotatable bonds is 5. The molecule has 0 spiro atoms. The molecule has 0 aromatic heterocycles. The highest BCUT2D eigenvalue weighted by molar-refractivity contribution is 5.93. The van der Waals surface area contributed by atoms with E-state index in [1.165, 1.54) is 0 Å². The van der Waals surface area contributed by atoms with Gasteiger partial charge in [-0.15, -0.1) is 0 Å². The number of aryl methyl sites for hydroxylation is 1. The molecular weight excluding hydrogens is 290 g/mol. The van der Waals surface area contributed by atoms with Crippen LogP contribution in [0.25, 0.3) is 0 Å². The first kappa shape index (κ1) is 16.0. The van der Waals surface area contributed by atoms with Crippen molar-refractivity contribution in [2.24, 2.45) is 17.1 Å². The van der Waals surface area contributed by atoms with Gasteiger partial charge in [0.25, 0.3) is 0 Å². The molecule has 2 amide bonds. The average Bonchev–Trinajstić information content (AvgIpc) is 3.05.